The SMILES string of the molecule is CCCC1CCc2[nH]c(=O)nc(C(=O)O)c2C1. The van der Waals surface area contributed by atoms with Crippen LogP contribution in [0.5, 0.6) is 0 Å². The second-order valence-electron chi connectivity index (χ2n) is 4.55. The molecular weight excluding hydrogens is 220 g/mol. The Morgan fingerprint density at radius 2 is 2.35 bits per heavy atom. The Morgan fingerprint density at radius 3 is 3.00 bits per heavy atom. The van der Waals surface area contributed by atoms with Gasteiger partial charge in [-0.15, -0.1) is 0 Å². The van der Waals surface area contributed by atoms with Crippen LogP contribution in [-0.4, -0.2) is 21.0 Å². The van der Waals surface area contributed by atoms with Gasteiger partial charge in [-0.3, -0.25) is 0 Å². The van der Waals surface area contributed by atoms with Crippen molar-refractivity contribution in [3.05, 3.63) is 27.4 Å². The Balaban J connectivity index is 2.41. The van der Waals surface area contributed by atoms with Crippen LogP contribution in [0.4, 0.5) is 0 Å². The van der Waals surface area contributed by atoms with Crippen molar-refractivity contribution < 1.29 is 9.90 Å². The van der Waals surface area contributed by atoms with E-state index in [1.165, 1.54) is 0 Å². The molecular formula is C12H16N2O3. The maximum absolute atomic E-state index is 11.2. The lowest BCUT2D eigenvalue weighted by Gasteiger charge is -2.24. The average molecular weight is 236 g/mol. The van der Waals surface area contributed by atoms with Crippen LogP contribution < -0.4 is 5.69 Å². The lowest BCUT2D eigenvalue weighted by molar-refractivity contribution is 0.0687. The van der Waals surface area contributed by atoms with Gasteiger partial charge in [0.2, 0.25) is 0 Å². The third-order valence-electron chi connectivity index (χ3n) is 3.32. The van der Waals surface area contributed by atoms with Crippen LogP contribution in [-0.2, 0) is 12.8 Å². The van der Waals surface area contributed by atoms with Gasteiger partial charge in [0.25, 0.3) is 0 Å². The molecule has 2 rings (SSSR count). The molecule has 0 aliphatic heterocycles. The maximum atomic E-state index is 11.2. The van der Waals surface area contributed by atoms with Crippen molar-refractivity contribution in [3.63, 3.8) is 0 Å². The zero-order valence-corrected chi connectivity index (χ0v) is 9.82. The van der Waals surface area contributed by atoms with E-state index in [-0.39, 0.29) is 5.69 Å². The molecule has 17 heavy (non-hydrogen) atoms. The zero-order chi connectivity index (χ0) is 12.4. The van der Waals surface area contributed by atoms with Gasteiger partial charge in [0.15, 0.2) is 5.69 Å². The number of hydrogen-bond acceptors (Lipinski definition) is 3. The highest BCUT2D eigenvalue weighted by Gasteiger charge is 2.25. The van der Waals surface area contributed by atoms with E-state index in [9.17, 15) is 9.59 Å². The predicted molar refractivity (Wildman–Crippen MR) is 62.2 cm³/mol. The number of aromatic carboxylic acids is 1. The van der Waals surface area contributed by atoms with E-state index >= 15 is 0 Å². The summed E-state index contributed by atoms with van der Waals surface area (Å²) in [5.41, 5.74) is 0.858. The van der Waals surface area contributed by atoms with E-state index in [2.05, 4.69) is 16.9 Å². The van der Waals surface area contributed by atoms with Crippen molar-refractivity contribution in [1.82, 2.24) is 9.97 Å². The smallest absolute Gasteiger partial charge is 0.355 e. The van der Waals surface area contributed by atoms with Crippen LogP contribution in [0, 0.1) is 5.92 Å². The summed E-state index contributed by atoms with van der Waals surface area (Å²) >= 11 is 0. The standard InChI is InChI=1S/C12H16N2O3/c1-2-3-7-4-5-9-8(6-7)10(11(15)16)14-12(17)13-9/h7H,2-6H2,1H3,(H,15,16)(H,13,14,17). The topological polar surface area (TPSA) is 83.0 Å². The zero-order valence-electron chi connectivity index (χ0n) is 9.82. The van der Waals surface area contributed by atoms with E-state index < -0.39 is 11.7 Å². The minimum atomic E-state index is -1.11. The van der Waals surface area contributed by atoms with Gasteiger partial charge in [0.05, 0.1) is 0 Å². The van der Waals surface area contributed by atoms with E-state index in [0.29, 0.717) is 12.3 Å². The first-order valence-electron chi connectivity index (χ1n) is 5.97. The lowest BCUT2D eigenvalue weighted by atomic mass is 9.83. The molecule has 0 saturated heterocycles. The van der Waals surface area contributed by atoms with Gasteiger partial charge >= 0.3 is 11.7 Å². The summed E-state index contributed by atoms with van der Waals surface area (Å²) in [7, 11) is 0. The summed E-state index contributed by atoms with van der Waals surface area (Å²) in [5.74, 6) is -0.595. The fourth-order valence-corrected chi connectivity index (χ4v) is 2.55. The number of aromatic nitrogens is 2. The maximum Gasteiger partial charge on any atom is 0.355 e. The van der Waals surface area contributed by atoms with Gasteiger partial charge in [-0.2, -0.15) is 4.98 Å². The minimum absolute atomic E-state index is 0.0652. The van der Waals surface area contributed by atoms with Gasteiger partial charge in [0.1, 0.15) is 0 Å². The highest BCUT2D eigenvalue weighted by Crippen LogP contribution is 2.28. The summed E-state index contributed by atoms with van der Waals surface area (Å²) in [6.45, 7) is 2.12. The van der Waals surface area contributed by atoms with Crippen molar-refractivity contribution in [2.45, 2.75) is 39.0 Å². The number of aromatic amines is 1. The summed E-state index contributed by atoms with van der Waals surface area (Å²) in [5, 5.41) is 9.07. The van der Waals surface area contributed by atoms with E-state index in [1.54, 1.807) is 0 Å². The molecule has 1 heterocycles. The Bertz CT molecular complexity index is 493. The predicted octanol–water partition coefficient (Wildman–Crippen LogP) is 1.37. The molecule has 1 unspecified atom stereocenters. The number of rotatable bonds is 3. The summed E-state index contributed by atoms with van der Waals surface area (Å²) < 4.78 is 0. The third kappa shape index (κ3) is 2.38. The molecule has 0 radical (unpaired) electrons. The number of nitrogens with zero attached hydrogens (tertiary/aromatic N) is 1. The van der Waals surface area contributed by atoms with Crippen LogP contribution in [0.25, 0.3) is 0 Å². The molecule has 1 aromatic rings. The Labute approximate surface area is 98.9 Å². The quantitative estimate of drug-likeness (QED) is 0.830. The molecule has 5 heteroatoms. The molecule has 2 N–H and O–H groups in total. The highest BCUT2D eigenvalue weighted by atomic mass is 16.4. The van der Waals surface area contributed by atoms with Crippen molar-refractivity contribution in [2.75, 3.05) is 0 Å². The number of aryl methyl sites for hydroxylation is 1. The van der Waals surface area contributed by atoms with Crippen LogP contribution in [0.1, 0.15) is 47.9 Å². The van der Waals surface area contributed by atoms with E-state index in [4.69, 9.17) is 5.11 Å². The number of carbonyl (C=O) groups is 1. The first-order valence-corrected chi connectivity index (χ1v) is 5.97. The van der Waals surface area contributed by atoms with Crippen molar-refractivity contribution >= 4 is 5.97 Å². The molecule has 0 saturated carbocycles. The second-order valence-corrected chi connectivity index (χ2v) is 4.55. The molecule has 0 aromatic carbocycles. The fraction of sp³-hybridized carbons (Fsp3) is 0.583. The molecule has 5 nitrogen and oxygen atoms in total. The Kier molecular flexibility index (Phi) is 3.26. The van der Waals surface area contributed by atoms with Crippen LogP contribution >= 0.6 is 0 Å². The second kappa shape index (κ2) is 4.69. The third-order valence-corrected chi connectivity index (χ3v) is 3.32. The van der Waals surface area contributed by atoms with Gasteiger partial charge in [-0.05, 0) is 25.2 Å². The number of carboxylic acid groups (broad SMARTS) is 1. The van der Waals surface area contributed by atoms with Crippen LogP contribution in [0.2, 0.25) is 0 Å². The lowest BCUT2D eigenvalue weighted by Crippen LogP contribution is -2.26. The molecule has 1 atom stereocenters. The molecule has 0 spiro atoms. The monoisotopic (exact) mass is 236 g/mol. The van der Waals surface area contributed by atoms with Crippen LogP contribution in [0.3, 0.4) is 0 Å². The van der Waals surface area contributed by atoms with Crippen molar-refractivity contribution in [3.8, 4) is 0 Å². The first kappa shape index (κ1) is 11.8. The molecule has 1 aliphatic carbocycles. The summed E-state index contributed by atoms with van der Waals surface area (Å²) in [4.78, 5) is 28.5. The number of H-pyrrole nitrogens is 1. The molecule has 1 aromatic heterocycles. The molecule has 0 amide bonds. The summed E-state index contributed by atoms with van der Waals surface area (Å²) in [6, 6.07) is 0. The minimum Gasteiger partial charge on any atom is -0.476 e. The van der Waals surface area contributed by atoms with Gasteiger partial charge in [-0.1, -0.05) is 19.8 Å². The number of nitrogens with one attached hydrogen (secondary N) is 1. The Hall–Kier alpha value is -1.65. The highest BCUT2D eigenvalue weighted by molar-refractivity contribution is 5.87. The number of hydrogen-bond donors (Lipinski definition) is 2. The molecule has 92 valence electrons. The van der Waals surface area contributed by atoms with Gasteiger partial charge in [-0.25, -0.2) is 9.59 Å². The normalized spacial score (nSPS) is 18.8. The van der Waals surface area contributed by atoms with E-state index in [0.717, 1.165) is 36.9 Å². The first-order chi connectivity index (χ1) is 8.11. The average Bonchev–Trinajstić information content (AvgIpc) is 2.28. The molecule has 0 bridgehead atoms. The fourth-order valence-electron chi connectivity index (χ4n) is 2.55. The van der Waals surface area contributed by atoms with Crippen LogP contribution in [0.15, 0.2) is 4.79 Å². The molecule has 0 fully saturated rings. The number of fused-ring (bicyclic) bond motifs is 1. The van der Waals surface area contributed by atoms with E-state index in [1.807, 2.05) is 0 Å². The Morgan fingerprint density at radius 1 is 1.59 bits per heavy atom. The number of carboxylic acids is 1. The van der Waals surface area contributed by atoms with Gasteiger partial charge < -0.3 is 10.1 Å². The summed E-state index contributed by atoms with van der Waals surface area (Å²) in [6.07, 6.45) is 4.67. The van der Waals surface area contributed by atoms with Gasteiger partial charge in [0, 0.05) is 11.3 Å². The molecule has 1 aliphatic rings. The van der Waals surface area contributed by atoms with Crippen molar-refractivity contribution in [1.29, 1.82) is 0 Å². The largest absolute Gasteiger partial charge is 0.476 e. The van der Waals surface area contributed by atoms with Crippen molar-refractivity contribution in [2.24, 2.45) is 5.92 Å².